The molecule has 10 heteroatoms. The summed E-state index contributed by atoms with van der Waals surface area (Å²) in [6.07, 6.45) is 2.46. The lowest BCUT2D eigenvalue weighted by atomic mass is 9.96. The van der Waals surface area contributed by atoms with Crippen molar-refractivity contribution in [1.82, 2.24) is 14.9 Å². The molecular weight excluding hydrogens is 422 g/mol. The predicted molar refractivity (Wildman–Crippen MR) is 119 cm³/mol. The number of hydrogen-bond acceptors (Lipinski definition) is 7. The van der Waals surface area contributed by atoms with Crippen LogP contribution in [0.1, 0.15) is 46.1 Å². The summed E-state index contributed by atoms with van der Waals surface area (Å²) >= 11 is 0.830. The summed E-state index contributed by atoms with van der Waals surface area (Å²) in [5.74, 6) is 0.439. The number of anilines is 2. The number of hydrogen-bond donors (Lipinski definition) is 2. The van der Waals surface area contributed by atoms with Crippen LogP contribution in [0.25, 0.3) is 0 Å². The van der Waals surface area contributed by atoms with E-state index >= 15 is 0 Å². The normalized spacial score (nSPS) is 17.7. The smallest absolute Gasteiger partial charge is 0.270 e. The zero-order valence-electron chi connectivity index (χ0n) is 17.8. The van der Waals surface area contributed by atoms with E-state index in [1.54, 1.807) is 20.8 Å². The fourth-order valence-electron chi connectivity index (χ4n) is 3.14. The van der Waals surface area contributed by atoms with E-state index in [4.69, 9.17) is 0 Å². The molecule has 1 amide bonds. The van der Waals surface area contributed by atoms with Gasteiger partial charge < -0.3 is 10.2 Å². The SMILES string of the molecule is CC1CCCN(c2ccc(CNS(=O)(=O)c3nnc(NC(=O)C(C)(C)C)s3)cc2)C1. The average Bonchev–Trinajstić information content (AvgIpc) is 3.16. The lowest BCUT2D eigenvalue weighted by Gasteiger charge is -2.32. The Bertz CT molecular complexity index is 981. The Morgan fingerprint density at radius 1 is 1.23 bits per heavy atom. The fourth-order valence-corrected chi connectivity index (χ4v) is 5.10. The summed E-state index contributed by atoms with van der Waals surface area (Å²) in [5, 5.41) is 10.2. The molecule has 2 aromatic rings. The number of carbonyl (C=O) groups is 1. The van der Waals surface area contributed by atoms with E-state index in [2.05, 4.69) is 32.1 Å². The highest BCUT2D eigenvalue weighted by atomic mass is 32.2. The largest absolute Gasteiger partial charge is 0.371 e. The van der Waals surface area contributed by atoms with E-state index in [9.17, 15) is 13.2 Å². The number of benzene rings is 1. The molecule has 1 aromatic heterocycles. The lowest BCUT2D eigenvalue weighted by molar-refractivity contribution is -0.123. The monoisotopic (exact) mass is 451 g/mol. The van der Waals surface area contributed by atoms with E-state index in [-0.39, 0.29) is 21.9 Å². The molecule has 3 rings (SSSR count). The zero-order chi connectivity index (χ0) is 21.9. The molecule has 0 bridgehead atoms. The molecule has 1 aliphatic heterocycles. The lowest BCUT2D eigenvalue weighted by Crippen LogP contribution is -2.34. The van der Waals surface area contributed by atoms with E-state index in [0.29, 0.717) is 5.92 Å². The predicted octanol–water partition coefficient (Wildman–Crippen LogP) is 3.24. The highest BCUT2D eigenvalue weighted by Gasteiger charge is 2.25. The number of carbonyl (C=O) groups excluding carboxylic acids is 1. The number of nitrogens with zero attached hydrogens (tertiary/aromatic N) is 3. The molecule has 30 heavy (non-hydrogen) atoms. The van der Waals surface area contributed by atoms with Gasteiger partial charge in [-0.25, -0.2) is 13.1 Å². The molecule has 1 unspecified atom stereocenters. The van der Waals surface area contributed by atoms with Crippen LogP contribution < -0.4 is 14.9 Å². The Balaban J connectivity index is 1.59. The molecule has 0 radical (unpaired) electrons. The fraction of sp³-hybridized carbons (Fsp3) is 0.550. The van der Waals surface area contributed by atoms with Crippen molar-refractivity contribution in [2.24, 2.45) is 11.3 Å². The van der Waals surface area contributed by atoms with E-state index in [1.165, 1.54) is 12.8 Å². The maximum atomic E-state index is 12.5. The van der Waals surface area contributed by atoms with Crippen LogP contribution in [0.5, 0.6) is 0 Å². The first kappa shape index (κ1) is 22.6. The maximum Gasteiger partial charge on any atom is 0.270 e. The molecule has 0 saturated carbocycles. The third kappa shape index (κ3) is 5.77. The van der Waals surface area contributed by atoms with Gasteiger partial charge in [0, 0.05) is 30.7 Å². The number of piperidine rings is 1. The third-order valence-electron chi connectivity index (χ3n) is 4.96. The van der Waals surface area contributed by atoms with Gasteiger partial charge in [0.25, 0.3) is 10.0 Å². The van der Waals surface area contributed by atoms with E-state index in [1.807, 2.05) is 24.3 Å². The molecule has 1 aromatic carbocycles. The molecule has 2 heterocycles. The van der Waals surface area contributed by atoms with Crippen LogP contribution in [-0.2, 0) is 21.4 Å². The number of amides is 1. The van der Waals surface area contributed by atoms with Crippen molar-refractivity contribution < 1.29 is 13.2 Å². The second kappa shape index (κ2) is 8.99. The first-order valence-corrected chi connectivity index (χ1v) is 12.3. The molecule has 1 fully saturated rings. The Labute approximate surface area is 182 Å². The van der Waals surface area contributed by atoms with Gasteiger partial charge in [-0.15, -0.1) is 10.2 Å². The van der Waals surface area contributed by atoms with Gasteiger partial charge in [-0.2, -0.15) is 0 Å². The number of aromatic nitrogens is 2. The van der Waals surface area contributed by atoms with Crippen LogP contribution in [-0.4, -0.2) is 37.6 Å². The first-order chi connectivity index (χ1) is 14.0. The van der Waals surface area contributed by atoms with Crippen molar-refractivity contribution in [3.63, 3.8) is 0 Å². The summed E-state index contributed by atoms with van der Waals surface area (Å²) in [6.45, 7) is 9.82. The zero-order valence-corrected chi connectivity index (χ0v) is 19.4. The van der Waals surface area contributed by atoms with Gasteiger partial charge in [-0.3, -0.25) is 4.79 Å². The summed E-state index contributed by atoms with van der Waals surface area (Å²) < 4.78 is 27.4. The number of nitrogens with one attached hydrogen (secondary N) is 2. The van der Waals surface area contributed by atoms with Crippen molar-refractivity contribution in [3.8, 4) is 0 Å². The summed E-state index contributed by atoms with van der Waals surface area (Å²) in [5.41, 5.74) is 1.41. The quantitative estimate of drug-likeness (QED) is 0.654. The van der Waals surface area contributed by atoms with Crippen molar-refractivity contribution >= 4 is 38.1 Å². The standard InChI is InChI=1S/C20H29N5O3S2/c1-14-6-5-11-25(13-14)16-9-7-15(8-10-16)12-21-30(27,28)19-24-23-18(29-19)22-17(26)20(2,3)4/h7-10,14,21H,5-6,11-13H2,1-4H3,(H,22,23,26). The first-order valence-electron chi connectivity index (χ1n) is 10.0. The minimum atomic E-state index is -3.81. The van der Waals surface area contributed by atoms with Crippen molar-refractivity contribution in [2.75, 3.05) is 23.3 Å². The van der Waals surface area contributed by atoms with Crippen molar-refractivity contribution in [2.45, 2.75) is 51.4 Å². The highest BCUT2D eigenvalue weighted by Crippen LogP contribution is 2.25. The molecule has 1 atom stereocenters. The maximum absolute atomic E-state index is 12.5. The average molecular weight is 452 g/mol. The van der Waals surface area contributed by atoms with Crippen LogP contribution in [0.3, 0.4) is 0 Å². The second-order valence-corrected chi connectivity index (χ2v) is 11.7. The van der Waals surface area contributed by atoms with Crippen LogP contribution >= 0.6 is 11.3 Å². The molecule has 8 nitrogen and oxygen atoms in total. The molecule has 0 spiro atoms. The Kier molecular flexibility index (Phi) is 6.78. The second-order valence-electron chi connectivity index (χ2n) is 8.76. The van der Waals surface area contributed by atoms with Gasteiger partial charge in [0.2, 0.25) is 15.4 Å². The van der Waals surface area contributed by atoms with Crippen LogP contribution in [0.2, 0.25) is 0 Å². The van der Waals surface area contributed by atoms with Crippen molar-refractivity contribution in [3.05, 3.63) is 29.8 Å². The number of sulfonamides is 1. The third-order valence-corrected chi connectivity index (χ3v) is 7.57. The summed E-state index contributed by atoms with van der Waals surface area (Å²) in [4.78, 5) is 14.4. The molecule has 0 aliphatic carbocycles. The van der Waals surface area contributed by atoms with Gasteiger partial charge in [0.15, 0.2) is 0 Å². The van der Waals surface area contributed by atoms with Crippen LogP contribution in [0.4, 0.5) is 10.8 Å². The number of rotatable bonds is 6. The van der Waals surface area contributed by atoms with E-state index in [0.717, 1.165) is 35.7 Å². The van der Waals surface area contributed by atoms with Gasteiger partial charge in [0.1, 0.15) is 0 Å². The minimum absolute atomic E-state index is 0.155. The molecular formula is C20H29N5O3S2. The highest BCUT2D eigenvalue weighted by molar-refractivity contribution is 7.91. The molecule has 1 saturated heterocycles. The van der Waals surface area contributed by atoms with Crippen LogP contribution in [0, 0.1) is 11.3 Å². The molecule has 2 N–H and O–H groups in total. The Hall–Kier alpha value is -2.04. The van der Waals surface area contributed by atoms with Gasteiger partial charge >= 0.3 is 0 Å². The Morgan fingerprint density at radius 3 is 2.57 bits per heavy atom. The van der Waals surface area contributed by atoms with Crippen molar-refractivity contribution in [1.29, 1.82) is 0 Å². The van der Waals surface area contributed by atoms with Gasteiger partial charge in [0.05, 0.1) is 0 Å². The van der Waals surface area contributed by atoms with Gasteiger partial charge in [-0.1, -0.05) is 51.2 Å². The topological polar surface area (TPSA) is 104 Å². The minimum Gasteiger partial charge on any atom is -0.371 e. The van der Waals surface area contributed by atoms with E-state index < -0.39 is 15.4 Å². The summed E-state index contributed by atoms with van der Waals surface area (Å²) in [6, 6.07) is 7.94. The Morgan fingerprint density at radius 2 is 1.93 bits per heavy atom. The molecule has 1 aliphatic rings. The molecule has 164 valence electrons. The van der Waals surface area contributed by atoms with Crippen LogP contribution in [0.15, 0.2) is 28.6 Å². The summed E-state index contributed by atoms with van der Waals surface area (Å²) in [7, 11) is -3.81. The van der Waals surface area contributed by atoms with Gasteiger partial charge in [-0.05, 0) is 36.5 Å².